The van der Waals surface area contributed by atoms with Gasteiger partial charge in [0.2, 0.25) is 0 Å². The average Bonchev–Trinajstić information content (AvgIpc) is 2.88. The van der Waals surface area contributed by atoms with Gasteiger partial charge in [0.25, 0.3) is 0 Å². The first kappa shape index (κ1) is 13.3. The monoisotopic (exact) mass is 249 g/mol. The summed E-state index contributed by atoms with van der Waals surface area (Å²) in [7, 11) is 0. The van der Waals surface area contributed by atoms with E-state index in [0.29, 0.717) is 5.92 Å². The van der Waals surface area contributed by atoms with Crippen molar-refractivity contribution in [1.82, 2.24) is 4.98 Å². The summed E-state index contributed by atoms with van der Waals surface area (Å²) in [5, 5.41) is 9.61. The topological polar surface area (TPSA) is 62.4 Å². The molecule has 1 aliphatic heterocycles. The number of pyridine rings is 1. The van der Waals surface area contributed by atoms with E-state index < -0.39 is 0 Å². The van der Waals surface area contributed by atoms with E-state index in [2.05, 4.69) is 22.9 Å². The zero-order chi connectivity index (χ0) is 13.1. The molecule has 0 aliphatic carbocycles. The minimum Gasteiger partial charge on any atom is -0.393 e. The number of anilines is 1. The van der Waals surface area contributed by atoms with Crippen LogP contribution in [0.3, 0.4) is 0 Å². The molecule has 1 fully saturated rings. The van der Waals surface area contributed by atoms with Crippen LogP contribution in [0.1, 0.15) is 38.4 Å². The van der Waals surface area contributed by atoms with Gasteiger partial charge in [0, 0.05) is 25.0 Å². The van der Waals surface area contributed by atoms with Crippen LogP contribution in [0.4, 0.5) is 5.69 Å². The molecule has 4 nitrogen and oxygen atoms in total. The Labute approximate surface area is 109 Å². The normalized spacial score (nSPS) is 23.1. The van der Waals surface area contributed by atoms with Gasteiger partial charge in [-0.15, -0.1) is 0 Å². The number of nitrogens with two attached hydrogens (primary N) is 1. The third-order valence-electron chi connectivity index (χ3n) is 3.86. The van der Waals surface area contributed by atoms with Crippen LogP contribution >= 0.6 is 0 Å². The lowest BCUT2D eigenvalue weighted by atomic mass is 10.0. The van der Waals surface area contributed by atoms with E-state index in [-0.39, 0.29) is 12.1 Å². The Morgan fingerprint density at radius 1 is 1.56 bits per heavy atom. The largest absolute Gasteiger partial charge is 0.393 e. The highest BCUT2D eigenvalue weighted by atomic mass is 16.3. The van der Waals surface area contributed by atoms with Gasteiger partial charge in [-0.2, -0.15) is 0 Å². The van der Waals surface area contributed by atoms with Gasteiger partial charge in [-0.05, 0) is 31.9 Å². The van der Waals surface area contributed by atoms with E-state index in [9.17, 15) is 5.11 Å². The second kappa shape index (κ2) is 5.67. The van der Waals surface area contributed by atoms with Crippen molar-refractivity contribution in [3.8, 4) is 0 Å². The molecule has 3 unspecified atom stereocenters. The van der Waals surface area contributed by atoms with Crippen molar-refractivity contribution < 1.29 is 5.11 Å². The van der Waals surface area contributed by atoms with Gasteiger partial charge in [0.05, 0.1) is 23.7 Å². The minimum absolute atomic E-state index is 0.0304. The molecule has 18 heavy (non-hydrogen) atoms. The van der Waals surface area contributed by atoms with E-state index in [0.717, 1.165) is 37.3 Å². The van der Waals surface area contributed by atoms with Gasteiger partial charge in [-0.3, -0.25) is 4.98 Å². The van der Waals surface area contributed by atoms with E-state index in [1.54, 1.807) is 0 Å². The molecule has 2 heterocycles. The third-order valence-corrected chi connectivity index (χ3v) is 3.86. The van der Waals surface area contributed by atoms with Gasteiger partial charge in [-0.1, -0.05) is 6.92 Å². The number of nitrogens with zero attached hydrogens (tertiary/aromatic N) is 2. The highest BCUT2D eigenvalue weighted by molar-refractivity contribution is 5.45. The molecule has 1 aromatic rings. The molecule has 3 atom stereocenters. The van der Waals surface area contributed by atoms with Crippen LogP contribution in [0.25, 0.3) is 0 Å². The fraction of sp³-hybridized carbons (Fsp3) is 0.643. The van der Waals surface area contributed by atoms with Crippen molar-refractivity contribution in [2.45, 2.75) is 38.8 Å². The molecule has 0 spiro atoms. The van der Waals surface area contributed by atoms with Gasteiger partial charge in [-0.25, -0.2) is 0 Å². The van der Waals surface area contributed by atoms with Crippen molar-refractivity contribution in [2.75, 3.05) is 18.0 Å². The molecule has 0 saturated carbocycles. The lowest BCUT2D eigenvalue weighted by molar-refractivity contribution is 0.136. The van der Waals surface area contributed by atoms with Crippen LogP contribution in [0.15, 0.2) is 18.3 Å². The summed E-state index contributed by atoms with van der Waals surface area (Å²) in [6.45, 7) is 5.85. The molecule has 0 aromatic carbocycles. The molecule has 4 heteroatoms. The molecule has 0 radical (unpaired) electrons. The number of aromatic nitrogens is 1. The number of aliphatic hydroxyl groups excluding tert-OH is 1. The van der Waals surface area contributed by atoms with Crippen molar-refractivity contribution in [2.24, 2.45) is 11.7 Å². The summed E-state index contributed by atoms with van der Waals surface area (Å²) in [5.74, 6) is 0.377. The smallest absolute Gasteiger partial charge is 0.0572 e. The van der Waals surface area contributed by atoms with Gasteiger partial charge >= 0.3 is 0 Å². The van der Waals surface area contributed by atoms with Crippen molar-refractivity contribution in [1.29, 1.82) is 0 Å². The maximum Gasteiger partial charge on any atom is 0.0572 e. The first-order valence-electron chi connectivity index (χ1n) is 6.76. The third kappa shape index (κ3) is 2.82. The maximum absolute atomic E-state index is 9.61. The summed E-state index contributed by atoms with van der Waals surface area (Å²) in [6.07, 6.45) is 3.62. The predicted octanol–water partition coefficient (Wildman–Crippen LogP) is 1.70. The minimum atomic E-state index is -0.226. The first-order chi connectivity index (χ1) is 8.61. The highest BCUT2D eigenvalue weighted by Gasteiger charge is 2.26. The van der Waals surface area contributed by atoms with Gasteiger partial charge < -0.3 is 15.7 Å². The fourth-order valence-corrected chi connectivity index (χ4v) is 2.43. The molecule has 0 amide bonds. The Hall–Kier alpha value is -1.13. The molecule has 1 aromatic heterocycles. The second-order valence-electron chi connectivity index (χ2n) is 5.19. The molecule has 3 N–H and O–H groups in total. The van der Waals surface area contributed by atoms with Crippen molar-refractivity contribution in [3.05, 3.63) is 24.0 Å². The highest BCUT2D eigenvalue weighted by Crippen LogP contribution is 2.25. The SMILES string of the molecule is CCC(N)c1ccc(N2CCC(C(C)O)C2)cn1. The van der Waals surface area contributed by atoms with Crippen LogP contribution in [0, 0.1) is 5.92 Å². The quantitative estimate of drug-likeness (QED) is 0.852. The van der Waals surface area contributed by atoms with Crippen LogP contribution in [-0.2, 0) is 0 Å². The van der Waals surface area contributed by atoms with Gasteiger partial charge in [0.15, 0.2) is 0 Å². The molecule has 1 aliphatic rings. The van der Waals surface area contributed by atoms with E-state index in [1.165, 1.54) is 0 Å². The van der Waals surface area contributed by atoms with Crippen molar-refractivity contribution in [3.63, 3.8) is 0 Å². The fourth-order valence-electron chi connectivity index (χ4n) is 2.43. The van der Waals surface area contributed by atoms with Crippen LogP contribution in [0.2, 0.25) is 0 Å². The molecule has 100 valence electrons. The molecular weight excluding hydrogens is 226 g/mol. The standard InChI is InChI=1S/C14H23N3O/c1-3-13(15)14-5-4-12(8-16-14)17-7-6-11(9-17)10(2)18/h4-5,8,10-11,13,18H,3,6-7,9,15H2,1-2H3. The lowest BCUT2D eigenvalue weighted by Gasteiger charge is -2.20. The number of aliphatic hydroxyl groups is 1. The number of rotatable bonds is 4. The average molecular weight is 249 g/mol. The van der Waals surface area contributed by atoms with Gasteiger partial charge in [0.1, 0.15) is 0 Å². The van der Waals surface area contributed by atoms with E-state index in [4.69, 9.17) is 5.73 Å². The zero-order valence-electron chi connectivity index (χ0n) is 11.2. The molecule has 2 rings (SSSR count). The van der Waals surface area contributed by atoms with E-state index in [1.807, 2.05) is 19.2 Å². The maximum atomic E-state index is 9.61. The summed E-state index contributed by atoms with van der Waals surface area (Å²) < 4.78 is 0. The van der Waals surface area contributed by atoms with Crippen LogP contribution < -0.4 is 10.6 Å². The van der Waals surface area contributed by atoms with Crippen molar-refractivity contribution >= 4 is 5.69 Å². The predicted molar refractivity (Wildman–Crippen MR) is 73.5 cm³/mol. The van der Waals surface area contributed by atoms with E-state index >= 15 is 0 Å². The summed E-state index contributed by atoms with van der Waals surface area (Å²) in [6, 6.07) is 4.13. The Kier molecular flexibility index (Phi) is 4.19. The Morgan fingerprint density at radius 2 is 2.33 bits per heavy atom. The Bertz CT molecular complexity index is 377. The van der Waals surface area contributed by atoms with Crippen LogP contribution in [0.5, 0.6) is 0 Å². The Balaban J connectivity index is 2.02. The zero-order valence-corrected chi connectivity index (χ0v) is 11.2. The van der Waals surface area contributed by atoms with Crippen LogP contribution in [-0.4, -0.2) is 29.3 Å². The summed E-state index contributed by atoms with van der Waals surface area (Å²) in [5.41, 5.74) is 8.03. The summed E-state index contributed by atoms with van der Waals surface area (Å²) in [4.78, 5) is 6.72. The first-order valence-corrected chi connectivity index (χ1v) is 6.76. The number of hydrogen-bond donors (Lipinski definition) is 2. The number of hydrogen-bond acceptors (Lipinski definition) is 4. The Morgan fingerprint density at radius 3 is 2.83 bits per heavy atom. The molecule has 0 bridgehead atoms. The molecule has 1 saturated heterocycles. The lowest BCUT2D eigenvalue weighted by Crippen LogP contribution is -2.24. The second-order valence-corrected chi connectivity index (χ2v) is 5.19. The molecular formula is C14H23N3O. The summed E-state index contributed by atoms with van der Waals surface area (Å²) >= 11 is 0.